The molecule has 1 fully saturated rings. The van der Waals surface area contributed by atoms with Crippen LogP contribution >= 0.6 is 0 Å². The van der Waals surface area contributed by atoms with Crippen molar-refractivity contribution in [1.82, 2.24) is 9.78 Å². The Morgan fingerprint density at radius 2 is 2.05 bits per heavy atom. The van der Waals surface area contributed by atoms with E-state index in [1.807, 2.05) is 13.1 Å². The smallest absolute Gasteiger partial charge is 0.325 e. The minimum Gasteiger partial charge on any atom is -0.325 e. The fourth-order valence-corrected chi connectivity index (χ4v) is 2.79. The number of alkyl halides is 3. The van der Waals surface area contributed by atoms with Gasteiger partial charge in [0.2, 0.25) is 0 Å². The summed E-state index contributed by atoms with van der Waals surface area (Å²) in [6.45, 7) is 0. The highest BCUT2D eigenvalue weighted by atomic mass is 19.4. The van der Waals surface area contributed by atoms with Gasteiger partial charge in [-0.2, -0.15) is 18.3 Å². The maximum absolute atomic E-state index is 12.6. The lowest BCUT2D eigenvalue weighted by Gasteiger charge is -2.37. The second kappa shape index (κ2) is 5.15. The molecule has 0 unspecified atom stereocenters. The van der Waals surface area contributed by atoms with Crippen molar-refractivity contribution in [2.75, 3.05) is 0 Å². The molecular formula is C13H20F3N3. The number of aromatic nitrogens is 2. The third-order valence-corrected chi connectivity index (χ3v) is 4.25. The first kappa shape index (κ1) is 14.4. The Balaban J connectivity index is 1.87. The van der Waals surface area contributed by atoms with Crippen LogP contribution in [0.25, 0.3) is 0 Å². The molecule has 0 aromatic carbocycles. The Morgan fingerprint density at radius 3 is 2.53 bits per heavy atom. The Kier molecular flexibility index (Phi) is 3.90. The minimum atomic E-state index is -4.07. The summed E-state index contributed by atoms with van der Waals surface area (Å²) in [5, 5.41) is 4.07. The SMILES string of the molecule is Cn1nccc1CCC1(N)CCC(C(F)(F)F)CC1. The Bertz CT molecular complexity index is 417. The second-order valence-electron chi connectivity index (χ2n) is 5.62. The number of nitrogens with zero attached hydrogens (tertiary/aromatic N) is 2. The van der Waals surface area contributed by atoms with Gasteiger partial charge in [-0.15, -0.1) is 0 Å². The molecular weight excluding hydrogens is 255 g/mol. The molecule has 1 aromatic heterocycles. The molecule has 2 rings (SSSR count). The Morgan fingerprint density at radius 1 is 1.42 bits per heavy atom. The van der Waals surface area contributed by atoms with Crippen LogP contribution in [-0.4, -0.2) is 21.5 Å². The van der Waals surface area contributed by atoms with Crippen LogP contribution in [0.4, 0.5) is 13.2 Å². The molecule has 0 bridgehead atoms. The summed E-state index contributed by atoms with van der Waals surface area (Å²) in [7, 11) is 1.86. The summed E-state index contributed by atoms with van der Waals surface area (Å²) in [5.41, 5.74) is 6.85. The van der Waals surface area contributed by atoms with Gasteiger partial charge in [0.05, 0.1) is 5.92 Å². The van der Waals surface area contributed by atoms with Crippen LogP contribution in [0.3, 0.4) is 0 Å². The highest BCUT2D eigenvalue weighted by molar-refractivity contribution is 5.03. The van der Waals surface area contributed by atoms with Crippen molar-refractivity contribution in [3.05, 3.63) is 18.0 Å². The lowest BCUT2D eigenvalue weighted by molar-refractivity contribution is -0.184. The fraction of sp³-hybridized carbons (Fsp3) is 0.769. The van der Waals surface area contributed by atoms with Gasteiger partial charge in [0.15, 0.2) is 0 Å². The Labute approximate surface area is 111 Å². The number of nitrogens with two attached hydrogens (primary N) is 1. The Hall–Kier alpha value is -1.04. The van der Waals surface area contributed by atoms with Crippen LogP contribution in [0, 0.1) is 5.92 Å². The number of rotatable bonds is 3. The fourth-order valence-electron chi connectivity index (χ4n) is 2.79. The van der Waals surface area contributed by atoms with Gasteiger partial charge in [0.25, 0.3) is 0 Å². The van der Waals surface area contributed by atoms with Gasteiger partial charge in [-0.1, -0.05) is 0 Å². The lowest BCUT2D eigenvalue weighted by Crippen LogP contribution is -2.45. The standard InChI is InChI=1S/C13H20F3N3/c1-19-11(5-9-18-19)4-8-12(17)6-2-10(3-7-12)13(14,15)16/h5,9-10H,2-4,6-8,17H2,1H3. The van der Waals surface area contributed by atoms with E-state index < -0.39 is 17.6 Å². The first-order chi connectivity index (χ1) is 8.80. The quantitative estimate of drug-likeness (QED) is 0.921. The van der Waals surface area contributed by atoms with Crippen LogP contribution < -0.4 is 5.73 Å². The van der Waals surface area contributed by atoms with E-state index in [9.17, 15) is 13.2 Å². The number of aryl methyl sites for hydroxylation is 2. The molecule has 3 nitrogen and oxygen atoms in total. The van der Waals surface area contributed by atoms with Crippen LogP contribution in [0.1, 0.15) is 37.8 Å². The molecule has 1 aromatic rings. The summed E-state index contributed by atoms with van der Waals surface area (Å²) >= 11 is 0. The molecule has 0 aliphatic heterocycles. The van der Waals surface area contributed by atoms with E-state index in [1.54, 1.807) is 10.9 Å². The van der Waals surface area contributed by atoms with Gasteiger partial charge in [-0.25, -0.2) is 0 Å². The highest BCUT2D eigenvalue weighted by Crippen LogP contribution is 2.41. The zero-order chi connectivity index (χ0) is 14.1. The first-order valence-electron chi connectivity index (χ1n) is 6.63. The third-order valence-electron chi connectivity index (χ3n) is 4.25. The number of halogens is 3. The summed E-state index contributed by atoms with van der Waals surface area (Å²) in [6, 6.07) is 1.92. The molecule has 1 saturated carbocycles. The van der Waals surface area contributed by atoms with Crippen molar-refractivity contribution < 1.29 is 13.2 Å². The van der Waals surface area contributed by atoms with Gasteiger partial charge in [-0.05, 0) is 44.6 Å². The van der Waals surface area contributed by atoms with E-state index in [2.05, 4.69) is 5.10 Å². The monoisotopic (exact) mass is 275 g/mol. The summed E-state index contributed by atoms with van der Waals surface area (Å²) in [4.78, 5) is 0. The highest BCUT2D eigenvalue weighted by Gasteiger charge is 2.44. The molecule has 0 radical (unpaired) electrons. The van der Waals surface area contributed by atoms with E-state index in [-0.39, 0.29) is 12.8 Å². The molecule has 1 aliphatic rings. The van der Waals surface area contributed by atoms with E-state index in [4.69, 9.17) is 5.73 Å². The topological polar surface area (TPSA) is 43.8 Å². The summed E-state index contributed by atoms with van der Waals surface area (Å²) in [5.74, 6) is -1.17. The van der Waals surface area contributed by atoms with Crippen LogP contribution in [0.15, 0.2) is 12.3 Å². The molecule has 6 heteroatoms. The van der Waals surface area contributed by atoms with Crippen LogP contribution in [0.2, 0.25) is 0 Å². The molecule has 0 spiro atoms. The average Bonchev–Trinajstić information content (AvgIpc) is 2.72. The van der Waals surface area contributed by atoms with E-state index >= 15 is 0 Å². The summed E-state index contributed by atoms with van der Waals surface area (Å²) < 4.78 is 39.6. The van der Waals surface area contributed by atoms with Crippen molar-refractivity contribution in [1.29, 1.82) is 0 Å². The maximum Gasteiger partial charge on any atom is 0.391 e. The minimum absolute atomic E-state index is 0.158. The third kappa shape index (κ3) is 3.49. The first-order valence-corrected chi connectivity index (χ1v) is 6.63. The molecule has 2 N–H and O–H groups in total. The van der Waals surface area contributed by atoms with Crippen molar-refractivity contribution >= 4 is 0 Å². The van der Waals surface area contributed by atoms with Crippen molar-refractivity contribution in [3.63, 3.8) is 0 Å². The number of hydrogen-bond acceptors (Lipinski definition) is 2. The maximum atomic E-state index is 12.6. The van der Waals surface area contributed by atoms with Crippen molar-refractivity contribution in [2.45, 2.75) is 50.2 Å². The van der Waals surface area contributed by atoms with Gasteiger partial charge in [0, 0.05) is 24.5 Å². The molecule has 0 amide bonds. The molecule has 0 saturated heterocycles. The summed E-state index contributed by atoms with van der Waals surface area (Å²) in [6.07, 6.45) is 0.365. The zero-order valence-corrected chi connectivity index (χ0v) is 11.1. The predicted molar refractivity (Wildman–Crippen MR) is 66.5 cm³/mol. The van der Waals surface area contributed by atoms with E-state index in [0.717, 1.165) is 18.5 Å². The molecule has 108 valence electrons. The predicted octanol–water partition coefficient (Wildman–Crippen LogP) is 2.80. The van der Waals surface area contributed by atoms with Crippen molar-refractivity contribution in [3.8, 4) is 0 Å². The average molecular weight is 275 g/mol. The zero-order valence-electron chi connectivity index (χ0n) is 11.1. The van der Waals surface area contributed by atoms with E-state index in [0.29, 0.717) is 12.8 Å². The van der Waals surface area contributed by atoms with Crippen LogP contribution in [0.5, 0.6) is 0 Å². The molecule has 0 atom stereocenters. The largest absolute Gasteiger partial charge is 0.391 e. The number of hydrogen-bond donors (Lipinski definition) is 1. The van der Waals surface area contributed by atoms with Gasteiger partial charge < -0.3 is 5.73 Å². The molecule has 19 heavy (non-hydrogen) atoms. The van der Waals surface area contributed by atoms with E-state index in [1.165, 1.54) is 0 Å². The second-order valence-corrected chi connectivity index (χ2v) is 5.62. The normalized spacial score (nSPS) is 28.6. The molecule has 1 heterocycles. The van der Waals surface area contributed by atoms with Crippen molar-refractivity contribution in [2.24, 2.45) is 18.7 Å². The van der Waals surface area contributed by atoms with Gasteiger partial charge in [-0.3, -0.25) is 4.68 Å². The lowest BCUT2D eigenvalue weighted by atomic mass is 9.74. The van der Waals surface area contributed by atoms with Gasteiger partial charge >= 0.3 is 6.18 Å². The van der Waals surface area contributed by atoms with Crippen LogP contribution in [-0.2, 0) is 13.5 Å². The van der Waals surface area contributed by atoms with Gasteiger partial charge in [0.1, 0.15) is 0 Å². The molecule has 1 aliphatic carbocycles.